The summed E-state index contributed by atoms with van der Waals surface area (Å²) in [6.07, 6.45) is 1.78. The van der Waals surface area contributed by atoms with Crippen LogP contribution >= 0.6 is 0 Å². The summed E-state index contributed by atoms with van der Waals surface area (Å²) in [5, 5.41) is 6.08. The van der Waals surface area contributed by atoms with Crippen molar-refractivity contribution >= 4 is 10.8 Å². The predicted octanol–water partition coefficient (Wildman–Crippen LogP) is 5.26. The Morgan fingerprint density at radius 3 is 2.54 bits per heavy atom. The minimum atomic E-state index is 0.275. The van der Waals surface area contributed by atoms with E-state index in [1.165, 1.54) is 21.9 Å². The summed E-state index contributed by atoms with van der Waals surface area (Å²) >= 11 is 0. The molecule has 3 aromatic carbocycles. The summed E-state index contributed by atoms with van der Waals surface area (Å²) in [6, 6.07) is 23.4. The van der Waals surface area contributed by atoms with Gasteiger partial charge in [0.1, 0.15) is 12.4 Å². The van der Waals surface area contributed by atoms with E-state index in [0.717, 1.165) is 12.3 Å². The smallest absolute Gasteiger partial charge is 0.124 e. The summed E-state index contributed by atoms with van der Waals surface area (Å²) in [5.74, 6) is 0.918. The molecule has 0 heterocycles. The molecule has 3 rings (SSSR count). The number of nitrogens with one attached hydrogen (secondary N) is 1. The number of fused-ring (bicyclic) bond motifs is 1. The lowest BCUT2D eigenvalue weighted by Crippen LogP contribution is -2.18. The zero-order valence-electron chi connectivity index (χ0n) is 14.0. The van der Waals surface area contributed by atoms with Crippen LogP contribution in [0.5, 0.6) is 5.75 Å². The molecule has 0 aliphatic rings. The molecule has 1 atom stereocenters. The van der Waals surface area contributed by atoms with E-state index >= 15 is 0 Å². The molecule has 3 aromatic rings. The van der Waals surface area contributed by atoms with Crippen LogP contribution in [0.1, 0.15) is 24.1 Å². The van der Waals surface area contributed by atoms with Gasteiger partial charge in [-0.2, -0.15) is 0 Å². The van der Waals surface area contributed by atoms with Crippen LogP contribution in [-0.2, 0) is 6.54 Å². The van der Waals surface area contributed by atoms with Crippen LogP contribution < -0.4 is 10.1 Å². The number of rotatable bonds is 7. The van der Waals surface area contributed by atoms with E-state index in [2.05, 4.69) is 79.5 Å². The van der Waals surface area contributed by atoms with Gasteiger partial charge in [-0.1, -0.05) is 73.3 Å². The highest BCUT2D eigenvalue weighted by Crippen LogP contribution is 2.29. The molecular formula is C22H23NO. The first kappa shape index (κ1) is 16.3. The van der Waals surface area contributed by atoms with Crippen molar-refractivity contribution in [3.63, 3.8) is 0 Å². The third kappa shape index (κ3) is 3.66. The average molecular weight is 317 g/mol. The van der Waals surface area contributed by atoms with Gasteiger partial charge in [0.05, 0.1) is 0 Å². The van der Waals surface area contributed by atoms with E-state index in [1.54, 1.807) is 6.08 Å². The fourth-order valence-electron chi connectivity index (χ4n) is 2.90. The van der Waals surface area contributed by atoms with Crippen molar-refractivity contribution in [1.82, 2.24) is 5.32 Å². The van der Waals surface area contributed by atoms with Gasteiger partial charge in [-0.05, 0) is 29.3 Å². The van der Waals surface area contributed by atoms with Crippen LogP contribution in [0.2, 0.25) is 0 Å². The van der Waals surface area contributed by atoms with Crippen molar-refractivity contribution < 1.29 is 4.74 Å². The standard InChI is InChI=1S/C22H23NO/c1-3-15-24-22-14-13-19-11-7-8-12-20(19)21(22)16-23-17(2)18-9-5-4-6-10-18/h3-14,17,23H,1,15-16H2,2H3. The summed E-state index contributed by atoms with van der Waals surface area (Å²) in [6.45, 7) is 7.19. The number of benzene rings is 3. The Balaban J connectivity index is 1.87. The third-order valence-corrected chi connectivity index (χ3v) is 4.24. The molecular weight excluding hydrogens is 294 g/mol. The molecule has 1 unspecified atom stereocenters. The summed E-state index contributed by atoms with van der Waals surface area (Å²) in [5.41, 5.74) is 2.48. The first-order valence-electron chi connectivity index (χ1n) is 8.32. The second-order valence-electron chi connectivity index (χ2n) is 5.88. The van der Waals surface area contributed by atoms with E-state index in [0.29, 0.717) is 6.61 Å². The topological polar surface area (TPSA) is 21.3 Å². The molecule has 0 aliphatic carbocycles. The predicted molar refractivity (Wildman–Crippen MR) is 101 cm³/mol. The molecule has 122 valence electrons. The molecule has 0 saturated heterocycles. The second-order valence-corrected chi connectivity index (χ2v) is 5.88. The van der Waals surface area contributed by atoms with Gasteiger partial charge >= 0.3 is 0 Å². The van der Waals surface area contributed by atoms with E-state index in [4.69, 9.17) is 4.74 Å². The molecule has 1 N–H and O–H groups in total. The summed E-state index contributed by atoms with van der Waals surface area (Å²) in [7, 11) is 0. The van der Waals surface area contributed by atoms with Gasteiger partial charge in [0.25, 0.3) is 0 Å². The van der Waals surface area contributed by atoms with E-state index < -0.39 is 0 Å². The second kappa shape index (κ2) is 7.80. The Morgan fingerprint density at radius 2 is 1.75 bits per heavy atom. The molecule has 0 saturated carbocycles. The number of hydrogen-bond donors (Lipinski definition) is 1. The minimum Gasteiger partial charge on any atom is -0.489 e. The van der Waals surface area contributed by atoms with E-state index in [-0.39, 0.29) is 6.04 Å². The van der Waals surface area contributed by atoms with Gasteiger partial charge in [0.15, 0.2) is 0 Å². The largest absolute Gasteiger partial charge is 0.489 e. The molecule has 0 bridgehead atoms. The minimum absolute atomic E-state index is 0.275. The lowest BCUT2D eigenvalue weighted by Gasteiger charge is -2.18. The fraction of sp³-hybridized carbons (Fsp3) is 0.182. The quantitative estimate of drug-likeness (QED) is 0.600. The van der Waals surface area contributed by atoms with Crippen LogP contribution in [0.25, 0.3) is 10.8 Å². The molecule has 0 radical (unpaired) electrons. The molecule has 2 heteroatoms. The highest BCUT2D eigenvalue weighted by atomic mass is 16.5. The summed E-state index contributed by atoms with van der Waals surface area (Å²) < 4.78 is 5.87. The SMILES string of the molecule is C=CCOc1ccc2ccccc2c1CNC(C)c1ccccc1. The molecule has 0 amide bonds. The third-order valence-electron chi connectivity index (χ3n) is 4.24. The highest BCUT2D eigenvalue weighted by Gasteiger charge is 2.11. The first-order chi connectivity index (χ1) is 11.8. The van der Waals surface area contributed by atoms with Gasteiger partial charge < -0.3 is 10.1 Å². The van der Waals surface area contributed by atoms with Crippen molar-refractivity contribution in [2.75, 3.05) is 6.61 Å². The van der Waals surface area contributed by atoms with Gasteiger partial charge in [0, 0.05) is 18.2 Å². The van der Waals surface area contributed by atoms with Gasteiger partial charge in [-0.3, -0.25) is 0 Å². The maximum Gasteiger partial charge on any atom is 0.124 e. The number of hydrogen-bond acceptors (Lipinski definition) is 2. The maximum atomic E-state index is 5.87. The Morgan fingerprint density at radius 1 is 1.00 bits per heavy atom. The first-order valence-corrected chi connectivity index (χ1v) is 8.32. The Hall–Kier alpha value is -2.58. The fourth-order valence-corrected chi connectivity index (χ4v) is 2.90. The van der Waals surface area contributed by atoms with Crippen LogP contribution in [0, 0.1) is 0 Å². The van der Waals surface area contributed by atoms with Crippen LogP contribution in [-0.4, -0.2) is 6.61 Å². The Bertz CT molecular complexity index is 811. The van der Waals surface area contributed by atoms with E-state index in [9.17, 15) is 0 Å². The molecule has 0 aliphatic heterocycles. The zero-order valence-corrected chi connectivity index (χ0v) is 14.0. The average Bonchev–Trinajstić information content (AvgIpc) is 2.65. The van der Waals surface area contributed by atoms with Gasteiger partial charge in [-0.15, -0.1) is 0 Å². The molecule has 0 aromatic heterocycles. The van der Waals surface area contributed by atoms with Crippen molar-refractivity contribution in [2.24, 2.45) is 0 Å². The summed E-state index contributed by atoms with van der Waals surface area (Å²) in [4.78, 5) is 0. The van der Waals surface area contributed by atoms with Crippen LogP contribution in [0.4, 0.5) is 0 Å². The van der Waals surface area contributed by atoms with E-state index in [1.807, 2.05) is 6.07 Å². The molecule has 0 spiro atoms. The lowest BCUT2D eigenvalue weighted by molar-refractivity contribution is 0.358. The van der Waals surface area contributed by atoms with Crippen LogP contribution in [0.15, 0.2) is 79.4 Å². The number of ether oxygens (including phenoxy) is 1. The molecule has 0 fully saturated rings. The highest BCUT2D eigenvalue weighted by molar-refractivity contribution is 5.87. The van der Waals surface area contributed by atoms with Crippen molar-refractivity contribution in [1.29, 1.82) is 0 Å². The van der Waals surface area contributed by atoms with Crippen molar-refractivity contribution in [3.8, 4) is 5.75 Å². The monoisotopic (exact) mass is 317 g/mol. The Labute approximate surface area is 143 Å². The van der Waals surface area contributed by atoms with Crippen molar-refractivity contribution in [3.05, 3.63) is 90.5 Å². The van der Waals surface area contributed by atoms with Crippen LogP contribution in [0.3, 0.4) is 0 Å². The Kier molecular flexibility index (Phi) is 5.29. The normalized spacial score (nSPS) is 12.0. The van der Waals surface area contributed by atoms with Gasteiger partial charge in [-0.25, -0.2) is 0 Å². The molecule has 2 nitrogen and oxygen atoms in total. The van der Waals surface area contributed by atoms with Gasteiger partial charge in [0.2, 0.25) is 0 Å². The zero-order chi connectivity index (χ0) is 16.8. The lowest BCUT2D eigenvalue weighted by atomic mass is 10.0. The molecule has 24 heavy (non-hydrogen) atoms. The maximum absolute atomic E-state index is 5.87. The van der Waals surface area contributed by atoms with Crippen molar-refractivity contribution in [2.45, 2.75) is 19.5 Å².